The van der Waals surface area contributed by atoms with Crippen LogP contribution in [0.15, 0.2) is 34.4 Å². The summed E-state index contributed by atoms with van der Waals surface area (Å²) in [4.78, 5) is 31.4. The van der Waals surface area contributed by atoms with Crippen LogP contribution in [-0.2, 0) is 6.54 Å². The zero-order chi connectivity index (χ0) is 18.8. The molecule has 0 radical (unpaired) electrons. The van der Waals surface area contributed by atoms with Crippen LogP contribution in [0.25, 0.3) is 10.2 Å². The molecule has 0 spiro atoms. The maximum atomic E-state index is 13.2. The van der Waals surface area contributed by atoms with E-state index < -0.39 is 0 Å². The molecule has 136 valence electrons. The van der Waals surface area contributed by atoms with Crippen molar-refractivity contribution < 1.29 is 4.79 Å². The lowest BCUT2D eigenvalue weighted by Gasteiger charge is -2.29. The van der Waals surface area contributed by atoms with E-state index in [1.165, 1.54) is 11.3 Å². The highest BCUT2D eigenvalue weighted by molar-refractivity contribution is 7.17. The zero-order valence-electron chi connectivity index (χ0n) is 14.7. The number of hydrogen-bond acceptors (Lipinski definition) is 6. The lowest BCUT2D eigenvalue weighted by atomic mass is 10.1. The number of aromatic nitrogens is 2. The average molecular weight is 378 g/mol. The van der Waals surface area contributed by atoms with Gasteiger partial charge in [0.2, 0.25) is 5.95 Å². The number of hydrogen-bond donors (Lipinski definition) is 0. The van der Waals surface area contributed by atoms with Crippen molar-refractivity contribution in [2.75, 3.05) is 18.0 Å². The van der Waals surface area contributed by atoms with Crippen molar-refractivity contribution in [2.24, 2.45) is 0 Å². The van der Waals surface area contributed by atoms with Gasteiger partial charge in [-0.05, 0) is 30.9 Å². The Kier molecular flexibility index (Phi) is 4.73. The van der Waals surface area contributed by atoms with E-state index in [0.717, 1.165) is 44.2 Å². The van der Waals surface area contributed by atoms with Gasteiger partial charge in [-0.25, -0.2) is 4.98 Å². The van der Waals surface area contributed by atoms with Crippen molar-refractivity contribution in [3.8, 4) is 6.07 Å². The normalized spacial score (nSPS) is 14.3. The summed E-state index contributed by atoms with van der Waals surface area (Å²) in [6.45, 7) is 1.95. The predicted octanol–water partition coefficient (Wildman–Crippen LogP) is 3.18. The maximum absolute atomic E-state index is 13.2. The van der Waals surface area contributed by atoms with Crippen molar-refractivity contribution in [3.63, 3.8) is 0 Å². The summed E-state index contributed by atoms with van der Waals surface area (Å²) in [5.41, 5.74) is 2.11. The third kappa shape index (κ3) is 3.13. The molecular weight excluding hydrogens is 360 g/mol. The van der Waals surface area contributed by atoms with Crippen LogP contribution in [0.2, 0.25) is 0 Å². The molecule has 27 heavy (non-hydrogen) atoms. The fraction of sp³-hybridized carbons (Fsp3) is 0.300. The van der Waals surface area contributed by atoms with E-state index in [9.17, 15) is 14.9 Å². The Balaban J connectivity index is 1.91. The van der Waals surface area contributed by atoms with Gasteiger partial charge in [0.1, 0.15) is 10.2 Å². The highest BCUT2D eigenvalue weighted by Crippen LogP contribution is 2.25. The fourth-order valence-corrected chi connectivity index (χ4v) is 4.40. The summed E-state index contributed by atoms with van der Waals surface area (Å²) in [5.74, 6) is 0.585. The van der Waals surface area contributed by atoms with Crippen LogP contribution in [0.1, 0.15) is 40.7 Å². The molecule has 6 nitrogen and oxygen atoms in total. The number of rotatable bonds is 4. The maximum Gasteiger partial charge on any atom is 0.273 e. The summed E-state index contributed by atoms with van der Waals surface area (Å²) in [6.07, 6.45) is 4.01. The van der Waals surface area contributed by atoms with Gasteiger partial charge < -0.3 is 4.90 Å². The summed E-state index contributed by atoms with van der Waals surface area (Å²) in [6, 6.07) is 9.48. The first-order valence-electron chi connectivity index (χ1n) is 8.93. The van der Waals surface area contributed by atoms with E-state index >= 15 is 0 Å². The number of thiophene rings is 1. The molecule has 1 aliphatic heterocycles. The number of carbonyl (C=O) groups is 1. The van der Waals surface area contributed by atoms with E-state index in [1.807, 2.05) is 18.2 Å². The average Bonchev–Trinajstić information content (AvgIpc) is 3.14. The van der Waals surface area contributed by atoms with Crippen molar-refractivity contribution >= 4 is 33.8 Å². The molecule has 1 aromatic carbocycles. The predicted molar refractivity (Wildman–Crippen MR) is 106 cm³/mol. The molecule has 3 heterocycles. The summed E-state index contributed by atoms with van der Waals surface area (Å²) in [5, 5.41) is 11.1. The van der Waals surface area contributed by atoms with E-state index in [-0.39, 0.29) is 12.1 Å². The lowest BCUT2D eigenvalue weighted by molar-refractivity contribution is 0.112. The van der Waals surface area contributed by atoms with Crippen LogP contribution >= 0.6 is 11.3 Å². The van der Waals surface area contributed by atoms with Gasteiger partial charge in [0.25, 0.3) is 5.56 Å². The second kappa shape index (κ2) is 7.33. The molecule has 1 fully saturated rings. The first-order valence-corrected chi connectivity index (χ1v) is 9.81. The molecule has 1 saturated heterocycles. The topological polar surface area (TPSA) is 79.0 Å². The van der Waals surface area contributed by atoms with Gasteiger partial charge in [-0.3, -0.25) is 14.2 Å². The van der Waals surface area contributed by atoms with Crippen molar-refractivity contribution in [1.29, 1.82) is 5.26 Å². The third-order valence-electron chi connectivity index (χ3n) is 4.92. The molecule has 0 bridgehead atoms. The Labute approximate surface area is 160 Å². The third-order valence-corrected chi connectivity index (χ3v) is 5.89. The first kappa shape index (κ1) is 17.4. The van der Waals surface area contributed by atoms with Crippen molar-refractivity contribution in [2.45, 2.75) is 25.8 Å². The summed E-state index contributed by atoms with van der Waals surface area (Å²) >= 11 is 1.24. The van der Waals surface area contributed by atoms with E-state index in [4.69, 9.17) is 4.98 Å². The SMILES string of the molecule is N#Cc1ccccc1Cn1c(N2CCCCC2)nc2c(C=O)csc2c1=O. The Morgan fingerprint density at radius 2 is 2.00 bits per heavy atom. The molecule has 2 aromatic heterocycles. The van der Waals surface area contributed by atoms with Gasteiger partial charge in [-0.1, -0.05) is 18.2 Å². The number of aldehydes is 1. The molecule has 4 rings (SSSR count). The number of nitrogens with zero attached hydrogens (tertiary/aromatic N) is 4. The fourth-order valence-electron chi connectivity index (χ4n) is 3.50. The number of nitriles is 1. The van der Waals surface area contributed by atoms with E-state index in [2.05, 4.69) is 11.0 Å². The molecule has 0 N–H and O–H groups in total. The number of fused-ring (bicyclic) bond motifs is 1. The minimum absolute atomic E-state index is 0.161. The van der Waals surface area contributed by atoms with Crippen LogP contribution in [-0.4, -0.2) is 28.9 Å². The summed E-state index contributed by atoms with van der Waals surface area (Å²) < 4.78 is 2.13. The van der Waals surface area contributed by atoms with Crippen LogP contribution in [0, 0.1) is 11.3 Å². The summed E-state index contributed by atoms with van der Waals surface area (Å²) in [7, 11) is 0. The smallest absolute Gasteiger partial charge is 0.273 e. The van der Waals surface area contributed by atoms with Gasteiger partial charge in [0, 0.05) is 18.5 Å². The number of carbonyl (C=O) groups excluding carboxylic acids is 1. The van der Waals surface area contributed by atoms with E-state index in [1.54, 1.807) is 16.0 Å². The minimum atomic E-state index is -0.161. The number of benzene rings is 1. The second-order valence-electron chi connectivity index (χ2n) is 6.61. The van der Waals surface area contributed by atoms with E-state index in [0.29, 0.717) is 27.3 Å². The minimum Gasteiger partial charge on any atom is -0.342 e. The molecule has 0 atom stereocenters. The standard InChI is InChI=1S/C20H18N4O2S/c21-10-14-6-2-3-7-15(14)11-24-19(26)18-17(16(12-25)13-27-18)22-20(24)23-8-4-1-5-9-23/h2-3,6-7,12-13H,1,4-5,8-9,11H2. The van der Waals surface area contributed by atoms with Gasteiger partial charge in [-0.2, -0.15) is 5.26 Å². The molecular formula is C20H18N4O2S. The molecule has 0 saturated carbocycles. The molecule has 0 amide bonds. The Bertz CT molecular complexity index is 1100. The quantitative estimate of drug-likeness (QED) is 0.652. The molecule has 3 aromatic rings. The Morgan fingerprint density at radius 1 is 1.22 bits per heavy atom. The number of piperidine rings is 1. The van der Waals surface area contributed by atoms with Gasteiger partial charge in [-0.15, -0.1) is 11.3 Å². The number of anilines is 1. The lowest BCUT2D eigenvalue weighted by Crippen LogP contribution is -2.36. The zero-order valence-corrected chi connectivity index (χ0v) is 15.5. The first-order chi connectivity index (χ1) is 13.2. The molecule has 0 aliphatic carbocycles. The second-order valence-corrected chi connectivity index (χ2v) is 7.49. The monoisotopic (exact) mass is 378 g/mol. The highest BCUT2D eigenvalue weighted by atomic mass is 32.1. The van der Waals surface area contributed by atoms with Crippen molar-refractivity contribution in [1.82, 2.24) is 9.55 Å². The highest BCUT2D eigenvalue weighted by Gasteiger charge is 2.22. The van der Waals surface area contributed by atoms with Gasteiger partial charge in [0.05, 0.1) is 23.7 Å². The molecule has 0 unspecified atom stereocenters. The van der Waals surface area contributed by atoms with Gasteiger partial charge in [0.15, 0.2) is 6.29 Å². The molecule has 1 aliphatic rings. The van der Waals surface area contributed by atoms with Crippen LogP contribution in [0.3, 0.4) is 0 Å². The molecule has 7 heteroatoms. The largest absolute Gasteiger partial charge is 0.342 e. The van der Waals surface area contributed by atoms with Gasteiger partial charge >= 0.3 is 0 Å². The van der Waals surface area contributed by atoms with Crippen molar-refractivity contribution in [3.05, 3.63) is 56.7 Å². The van der Waals surface area contributed by atoms with Crippen LogP contribution in [0.4, 0.5) is 5.95 Å². The van der Waals surface area contributed by atoms with Crippen LogP contribution < -0.4 is 10.5 Å². The Hall–Kier alpha value is -2.98. The Morgan fingerprint density at radius 3 is 2.74 bits per heavy atom. The van der Waals surface area contributed by atoms with Crippen LogP contribution in [0.5, 0.6) is 0 Å².